The third kappa shape index (κ3) is 2.73. The second kappa shape index (κ2) is 7.00. The van der Waals surface area contributed by atoms with Gasteiger partial charge in [0.1, 0.15) is 5.41 Å². The van der Waals surface area contributed by atoms with Gasteiger partial charge in [0.05, 0.1) is 33.0 Å². The number of nitrogens with one attached hydrogen (secondary N) is 2. The summed E-state index contributed by atoms with van der Waals surface area (Å²) in [5.41, 5.74) is 9.46. The summed E-state index contributed by atoms with van der Waals surface area (Å²) < 4.78 is 0. The van der Waals surface area contributed by atoms with Crippen LogP contribution in [0.1, 0.15) is 66.5 Å². The second-order valence-corrected chi connectivity index (χ2v) is 10.5. The van der Waals surface area contributed by atoms with Gasteiger partial charge in [-0.3, -0.25) is 20.4 Å². The molecule has 2 bridgehead atoms. The van der Waals surface area contributed by atoms with Crippen molar-refractivity contribution in [3.63, 3.8) is 0 Å². The lowest BCUT2D eigenvalue weighted by Gasteiger charge is -2.39. The Morgan fingerprint density at radius 3 is 2.15 bits per heavy atom. The second-order valence-electron chi connectivity index (χ2n) is 10.1. The maximum atomic E-state index is 13.8. The number of halogens is 1. The predicted octanol–water partition coefficient (Wildman–Crippen LogP) is 4.69. The van der Waals surface area contributed by atoms with E-state index < -0.39 is 16.7 Å². The van der Waals surface area contributed by atoms with E-state index >= 15 is 0 Å². The molecule has 2 unspecified atom stereocenters. The van der Waals surface area contributed by atoms with Crippen LogP contribution in [0.25, 0.3) is 11.0 Å². The van der Waals surface area contributed by atoms with E-state index in [1.165, 1.54) is 5.56 Å². The molecule has 2 aliphatic rings. The molecule has 2 atom stereocenters. The first-order valence-electron chi connectivity index (χ1n) is 11.2. The summed E-state index contributed by atoms with van der Waals surface area (Å²) in [7, 11) is 0. The molecule has 0 radical (unpaired) electrons. The van der Waals surface area contributed by atoms with Crippen LogP contribution in [0.3, 0.4) is 0 Å². The molecular weight excluding hydrogens is 436 g/mol. The Morgan fingerprint density at radius 2 is 1.52 bits per heavy atom. The Bertz CT molecular complexity index is 1350. The molecule has 1 saturated carbocycles. The molecule has 7 heteroatoms. The van der Waals surface area contributed by atoms with Gasteiger partial charge in [-0.1, -0.05) is 44.5 Å². The number of hydrogen-bond donors (Lipinski definition) is 2. The van der Waals surface area contributed by atoms with Gasteiger partial charge in [0, 0.05) is 5.41 Å². The van der Waals surface area contributed by atoms with E-state index in [1.807, 2.05) is 13.0 Å². The maximum Gasteiger partial charge on any atom is 0.271 e. The fourth-order valence-electron chi connectivity index (χ4n) is 5.79. The molecule has 1 fully saturated rings. The van der Waals surface area contributed by atoms with Crippen LogP contribution >= 0.6 is 11.6 Å². The van der Waals surface area contributed by atoms with Crippen molar-refractivity contribution in [2.45, 2.75) is 58.3 Å². The summed E-state index contributed by atoms with van der Waals surface area (Å²) in [6, 6.07) is 10.8. The Balaban J connectivity index is 1.56. The summed E-state index contributed by atoms with van der Waals surface area (Å²) in [4.78, 5) is 36.5. The zero-order chi connectivity index (χ0) is 23.8. The topological polar surface area (TPSA) is 84.0 Å². The van der Waals surface area contributed by atoms with Crippen LogP contribution < -0.4 is 10.9 Å². The van der Waals surface area contributed by atoms with E-state index in [2.05, 4.69) is 44.6 Å². The highest BCUT2D eigenvalue weighted by Gasteiger charge is 2.73. The number of amides is 2. The first-order chi connectivity index (χ1) is 15.5. The highest BCUT2D eigenvalue weighted by Crippen LogP contribution is 2.70. The first kappa shape index (κ1) is 21.8. The molecule has 0 aliphatic heterocycles. The molecule has 1 heterocycles. The highest BCUT2D eigenvalue weighted by molar-refractivity contribution is 6.33. The van der Waals surface area contributed by atoms with Crippen molar-refractivity contribution in [2.24, 2.45) is 5.41 Å². The lowest BCUT2D eigenvalue weighted by atomic mass is 9.63. The minimum atomic E-state index is -0.898. The molecule has 5 rings (SSSR count). The van der Waals surface area contributed by atoms with Crippen LogP contribution in [0, 0.1) is 19.3 Å². The molecule has 2 amide bonds. The van der Waals surface area contributed by atoms with Gasteiger partial charge < -0.3 is 0 Å². The fourth-order valence-corrected chi connectivity index (χ4v) is 6.02. The minimum Gasteiger partial charge on any atom is -0.272 e. The number of aryl methyl sites for hydroxylation is 2. The van der Waals surface area contributed by atoms with Crippen LogP contribution in [0.5, 0.6) is 0 Å². The summed E-state index contributed by atoms with van der Waals surface area (Å²) >= 11 is 6.14. The molecule has 2 aromatic carbocycles. The predicted molar refractivity (Wildman–Crippen MR) is 128 cm³/mol. The Kier molecular flexibility index (Phi) is 4.63. The average molecular weight is 463 g/mol. The van der Waals surface area contributed by atoms with E-state index in [4.69, 9.17) is 21.6 Å². The molecule has 2 N–H and O–H groups in total. The van der Waals surface area contributed by atoms with Crippen LogP contribution in [0.2, 0.25) is 5.02 Å². The van der Waals surface area contributed by atoms with Crippen molar-refractivity contribution in [2.75, 3.05) is 0 Å². The largest absolute Gasteiger partial charge is 0.272 e. The number of benzene rings is 2. The molecule has 2 aliphatic carbocycles. The quantitative estimate of drug-likeness (QED) is 0.541. The van der Waals surface area contributed by atoms with Gasteiger partial charge >= 0.3 is 0 Å². The lowest BCUT2D eigenvalue weighted by Crippen LogP contribution is -2.55. The summed E-state index contributed by atoms with van der Waals surface area (Å²) in [6.45, 7) is 10.5. The van der Waals surface area contributed by atoms with Gasteiger partial charge in [-0.25, -0.2) is 9.97 Å². The van der Waals surface area contributed by atoms with Crippen LogP contribution in [0.15, 0.2) is 36.4 Å². The number of fused-ring (bicyclic) bond motifs is 6. The highest BCUT2D eigenvalue weighted by atomic mass is 35.5. The molecule has 33 heavy (non-hydrogen) atoms. The van der Waals surface area contributed by atoms with Crippen molar-refractivity contribution in [3.8, 4) is 0 Å². The van der Waals surface area contributed by atoms with Gasteiger partial charge in [-0.05, 0) is 67.5 Å². The van der Waals surface area contributed by atoms with Crippen molar-refractivity contribution in [3.05, 3.63) is 69.5 Å². The molecule has 0 spiro atoms. The fraction of sp³-hybridized carbons (Fsp3) is 0.385. The number of hydrazine groups is 1. The van der Waals surface area contributed by atoms with Crippen molar-refractivity contribution in [1.82, 2.24) is 20.8 Å². The third-order valence-corrected chi connectivity index (χ3v) is 8.78. The number of rotatable bonds is 2. The number of carbonyl (C=O) groups excluding carboxylic acids is 2. The third-order valence-electron chi connectivity index (χ3n) is 8.45. The Morgan fingerprint density at radius 1 is 0.909 bits per heavy atom. The Labute approximate surface area is 198 Å². The van der Waals surface area contributed by atoms with Gasteiger partial charge in [-0.2, -0.15) is 0 Å². The molecule has 170 valence electrons. The zero-order valence-corrected chi connectivity index (χ0v) is 20.2. The maximum absolute atomic E-state index is 13.8. The molecule has 0 saturated heterocycles. The van der Waals surface area contributed by atoms with Gasteiger partial charge in [0.2, 0.25) is 0 Å². The van der Waals surface area contributed by atoms with Gasteiger partial charge in [-0.15, -0.1) is 0 Å². The van der Waals surface area contributed by atoms with Crippen molar-refractivity contribution >= 4 is 34.4 Å². The number of hydrogen-bond acceptors (Lipinski definition) is 4. The van der Waals surface area contributed by atoms with E-state index in [0.717, 1.165) is 34.4 Å². The summed E-state index contributed by atoms with van der Waals surface area (Å²) in [5, 5.41) is 0.324. The Hall–Kier alpha value is -2.99. The monoisotopic (exact) mass is 462 g/mol. The van der Waals surface area contributed by atoms with Crippen LogP contribution in [0.4, 0.5) is 0 Å². The van der Waals surface area contributed by atoms with Crippen LogP contribution in [-0.4, -0.2) is 21.8 Å². The average Bonchev–Trinajstić information content (AvgIpc) is 3.07. The molecular formula is C26H27ClN4O2. The van der Waals surface area contributed by atoms with Gasteiger partial charge in [0.25, 0.3) is 11.8 Å². The number of aromatic nitrogens is 2. The molecule has 6 nitrogen and oxygen atoms in total. The smallest absolute Gasteiger partial charge is 0.271 e. The van der Waals surface area contributed by atoms with E-state index in [0.29, 0.717) is 17.0 Å². The number of carbonyl (C=O) groups is 2. The standard InChI is InChI=1S/C26H27ClN4O2/c1-14-12-18-19(13-15(14)2)29-21-20(28-18)25(5)10-11-26(21,24(25,3)4)23(33)31-30-22(32)16-8-6-7-9-17(16)27/h6-9,12-13H,10-11H2,1-5H3,(H,30,32)(H,31,33). The lowest BCUT2D eigenvalue weighted by molar-refractivity contribution is -0.131. The summed E-state index contributed by atoms with van der Waals surface area (Å²) in [6.07, 6.45) is 1.46. The van der Waals surface area contributed by atoms with Gasteiger partial charge in [0.15, 0.2) is 0 Å². The van der Waals surface area contributed by atoms with E-state index in [-0.39, 0.29) is 11.3 Å². The summed E-state index contributed by atoms with van der Waals surface area (Å²) in [5.74, 6) is -0.731. The molecule has 3 aromatic rings. The molecule has 1 aromatic heterocycles. The number of nitrogens with zero attached hydrogens (tertiary/aromatic N) is 2. The van der Waals surface area contributed by atoms with E-state index in [1.54, 1.807) is 24.3 Å². The minimum absolute atomic E-state index is 0.270. The van der Waals surface area contributed by atoms with E-state index in [9.17, 15) is 9.59 Å². The van der Waals surface area contributed by atoms with Crippen molar-refractivity contribution in [1.29, 1.82) is 0 Å². The van der Waals surface area contributed by atoms with Crippen LogP contribution in [-0.2, 0) is 15.6 Å². The zero-order valence-electron chi connectivity index (χ0n) is 19.5. The normalized spacial score (nSPS) is 24.5. The SMILES string of the molecule is Cc1cc2nc3c(nc2cc1C)C1(C(=O)NNC(=O)c2ccccc2Cl)CCC3(C)C1(C)C. The first-order valence-corrected chi connectivity index (χ1v) is 11.6. The van der Waals surface area contributed by atoms with Crippen molar-refractivity contribution < 1.29 is 9.59 Å².